The molecule has 0 fully saturated rings. The van der Waals surface area contributed by atoms with E-state index in [1.54, 1.807) is 30.3 Å². The lowest BCUT2D eigenvalue weighted by Gasteiger charge is -2.07. The molecule has 0 atom stereocenters. The maximum absolute atomic E-state index is 12.0. The summed E-state index contributed by atoms with van der Waals surface area (Å²) in [5, 5.41) is 0. The molecule has 0 aliphatic heterocycles. The molecule has 0 saturated carbocycles. The van der Waals surface area contributed by atoms with Crippen molar-refractivity contribution < 1.29 is 14.3 Å². The van der Waals surface area contributed by atoms with Gasteiger partial charge >= 0.3 is 0 Å². The van der Waals surface area contributed by atoms with Gasteiger partial charge in [0.2, 0.25) is 0 Å². The molecule has 2 amide bonds. The first-order chi connectivity index (χ1) is 12.1. The van der Waals surface area contributed by atoms with Crippen LogP contribution >= 0.6 is 0 Å². The maximum Gasteiger partial charge on any atom is 0.269 e. The van der Waals surface area contributed by atoms with Gasteiger partial charge in [-0.3, -0.25) is 20.4 Å². The third kappa shape index (κ3) is 5.80. The topological polar surface area (TPSA) is 67.4 Å². The monoisotopic (exact) mass is 338 g/mol. The number of benzene rings is 2. The van der Waals surface area contributed by atoms with E-state index < -0.39 is 11.8 Å². The standard InChI is InChI=1S/C20H22N2O3/c1-3-15-5-7-16(8-6-15)9-14-19(23)21-22-20(24)17-10-12-18(13-11-17)25-4-2/h5-14H,3-4H2,1-2H3,(H,21,23)(H,22,24)/b14-9+. The van der Waals surface area contributed by atoms with Crippen LogP contribution in [0.15, 0.2) is 54.6 Å². The quantitative estimate of drug-likeness (QED) is 0.628. The van der Waals surface area contributed by atoms with Gasteiger partial charge in [0.05, 0.1) is 6.61 Å². The number of amides is 2. The van der Waals surface area contributed by atoms with Crippen molar-refractivity contribution in [2.45, 2.75) is 20.3 Å². The Kier molecular flexibility index (Phi) is 6.77. The van der Waals surface area contributed by atoms with Gasteiger partial charge in [-0.05, 0) is 54.8 Å². The SMILES string of the molecule is CCOc1ccc(C(=O)NNC(=O)/C=C/c2ccc(CC)cc2)cc1. The van der Waals surface area contributed by atoms with Crippen molar-refractivity contribution >= 4 is 17.9 Å². The Bertz CT molecular complexity index is 735. The number of carbonyl (C=O) groups is 2. The van der Waals surface area contributed by atoms with Crippen LogP contribution in [-0.2, 0) is 11.2 Å². The molecule has 0 aliphatic rings. The lowest BCUT2D eigenvalue weighted by atomic mass is 10.1. The van der Waals surface area contributed by atoms with Gasteiger partial charge in [0.25, 0.3) is 11.8 Å². The van der Waals surface area contributed by atoms with E-state index in [1.165, 1.54) is 11.6 Å². The fraction of sp³-hybridized carbons (Fsp3) is 0.200. The van der Waals surface area contributed by atoms with Crippen LogP contribution in [-0.4, -0.2) is 18.4 Å². The summed E-state index contributed by atoms with van der Waals surface area (Å²) in [6, 6.07) is 14.6. The van der Waals surface area contributed by atoms with Gasteiger partial charge in [0.1, 0.15) is 5.75 Å². The summed E-state index contributed by atoms with van der Waals surface area (Å²) >= 11 is 0. The molecule has 0 heterocycles. The van der Waals surface area contributed by atoms with Crippen molar-refractivity contribution in [2.75, 3.05) is 6.61 Å². The molecule has 0 aromatic heterocycles. The number of ether oxygens (including phenoxy) is 1. The fourth-order valence-electron chi connectivity index (χ4n) is 2.14. The van der Waals surface area contributed by atoms with E-state index >= 15 is 0 Å². The zero-order valence-electron chi connectivity index (χ0n) is 14.4. The van der Waals surface area contributed by atoms with Crippen LogP contribution in [0, 0.1) is 0 Å². The minimum absolute atomic E-state index is 0.392. The van der Waals surface area contributed by atoms with Gasteiger partial charge < -0.3 is 4.74 Å². The van der Waals surface area contributed by atoms with E-state index in [-0.39, 0.29) is 0 Å². The molecular formula is C20H22N2O3. The minimum atomic E-state index is -0.404. The van der Waals surface area contributed by atoms with Crippen LogP contribution < -0.4 is 15.6 Å². The van der Waals surface area contributed by atoms with Gasteiger partial charge in [-0.25, -0.2) is 0 Å². The number of nitrogens with one attached hydrogen (secondary N) is 2. The molecule has 130 valence electrons. The molecule has 0 unspecified atom stereocenters. The second kappa shape index (κ2) is 9.27. The van der Waals surface area contributed by atoms with E-state index in [9.17, 15) is 9.59 Å². The molecule has 0 radical (unpaired) electrons. The first kappa shape index (κ1) is 18.3. The number of hydrogen-bond donors (Lipinski definition) is 2. The van der Waals surface area contributed by atoms with Crippen LogP contribution in [0.3, 0.4) is 0 Å². The maximum atomic E-state index is 12.0. The molecule has 0 aliphatic carbocycles. The fourth-order valence-corrected chi connectivity index (χ4v) is 2.14. The summed E-state index contributed by atoms with van der Waals surface area (Å²) in [5.74, 6) is -0.101. The highest BCUT2D eigenvalue weighted by molar-refractivity contribution is 5.97. The van der Waals surface area contributed by atoms with E-state index in [2.05, 4.69) is 17.8 Å². The largest absolute Gasteiger partial charge is 0.494 e. The van der Waals surface area contributed by atoms with E-state index in [0.717, 1.165) is 12.0 Å². The van der Waals surface area contributed by atoms with Gasteiger partial charge in [-0.1, -0.05) is 31.2 Å². The number of rotatable bonds is 6. The zero-order chi connectivity index (χ0) is 18.1. The van der Waals surface area contributed by atoms with Crippen molar-refractivity contribution in [3.63, 3.8) is 0 Å². The third-order valence-electron chi connectivity index (χ3n) is 3.54. The summed E-state index contributed by atoms with van der Waals surface area (Å²) in [4.78, 5) is 23.8. The highest BCUT2D eigenvalue weighted by Crippen LogP contribution is 2.11. The molecule has 2 aromatic carbocycles. The van der Waals surface area contributed by atoms with Gasteiger partial charge in [0.15, 0.2) is 0 Å². The lowest BCUT2D eigenvalue weighted by Crippen LogP contribution is -2.40. The first-order valence-corrected chi connectivity index (χ1v) is 8.22. The van der Waals surface area contributed by atoms with Gasteiger partial charge in [-0.15, -0.1) is 0 Å². The highest BCUT2D eigenvalue weighted by atomic mass is 16.5. The highest BCUT2D eigenvalue weighted by Gasteiger charge is 2.06. The van der Waals surface area contributed by atoms with Crippen LogP contribution in [0.1, 0.15) is 35.3 Å². The Morgan fingerprint density at radius 3 is 2.24 bits per heavy atom. The number of aryl methyl sites for hydroxylation is 1. The third-order valence-corrected chi connectivity index (χ3v) is 3.54. The zero-order valence-corrected chi connectivity index (χ0v) is 14.4. The van der Waals surface area contributed by atoms with Crippen LogP contribution in [0.25, 0.3) is 6.08 Å². The molecular weight excluding hydrogens is 316 g/mol. The van der Waals surface area contributed by atoms with Crippen molar-refractivity contribution in [3.05, 3.63) is 71.3 Å². The predicted octanol–water partition coefficient (Wildman–Crippen LogP) is 3.12. The van der Waals surface area contributed by atoms with Crippen molar-refractivity contribution in [2.24, 2.45) is 0 Å². The van der Waals surface area contributed by atoms with Gasteiger partial charge in [-0.2, -0.15) is 0 Å². The Hall–Kier alpha value is -3.08. The molecule has 2 rings (SSSR count). The number of carbonyl (C=O) groups excluding carboxylic acids is 2. The Labute approximate surface area is 147 Å². The average molecular weight is 338 g/mol. The Morgan fingerprint density at radius 2 is 1.64 bits per heavy atom. The minimum Gasteiger partial charge on any atom is -0.494 e. The van der Waals surface area contributed by atoms with Gasteiger partial charge in [0, 0.05) is 11.6 Å². The smallest absolute Gasteiger partial charge is 0.269 e. The second-order valence-corrected chi connectivity index (χ2v) is 5.33. The molecule has 25 heavy (non-hydrogen) atoms. The summed E-state index contributed by atoms with van der Waals surface area (Å²) < 4.78 is 5.32. The molecule has 0 saturated heterocycles. The van der Waals surface area contributed by atoms with Crippen molar-refractivity contribution in [1.82, 2.24) is 10.9 Å². The molecule has 0 bridgehead atoms. The summed E-state index contributed by atoms with van der Waals surface area (Å²) in [6.45, 7) is 4.54. The normalized spacial score (nSPS) is 10.5. The van der Waals surface area contributed by atoms with E-state index in [4.69, 9.17) is 4.74 Å². The lowest BCUT2D eigenvalue weighted by molar-refractivity contribution is -0.117. The predicted molar refractivity (Wildman–Crippen MR) is 98.1 cm³/mol. The summed E-state index contributed by atoms with van der Waals surface area (Å²) in [5.41, 5.74) is 7.33. The van der Waals surface area contributed by atoms with E-state index in [1.807, 2.05) is 31.2 Å². The first-order valence-electron chi connectivity index (χ1n) is 8.22. The second-order valence-electron chi connectivity index (χ2n) is 5.33. The number of hydrazine groups is 1. The van der Waals surface area contributed by atoms with Crippen LogP contribution in [0.5, 0.6) is 5.75 Å². The van der Waals surface area contributed by atoms with Crippen molar-refractivity contribution in [3.8, 4) is 5.75 Å². The average Bonchev–Trinajstić information content (AvgIpc) is 2.65. The summed E-state index contributed by atoms with van der Waals surface area (Å²) in [7, 11) is 0. The molecule has 5 heteroatoms. The Balaban J connectivity index is 1.83. The molecule has 0 spiro atoms. The van der Waals surface area contributed by atoms with E-state index in [0.29, 0.717) is 17.9 Å². The Morgan fingerprint density at radius 1 is 0.960 bits per heavy atom. The van der Waals surface area contributed by atoms with Crippen molar-refractivity contribution in [1.29, 1.82) is 0 Å². The van der Waals surface area contributed by atoms with Crippen LogP contribution in [0.2, 0.25) is 0 Å². The van der Waals surface area contributed by atoms with Crippen LogP contribution in [0.4, 0.5) is 0 Å². The molecule has 2 aromatic rings. The molecule has 5 nitrogen and oxygen atoms in total. The number of hydrogen-bond acceptors (Lipinski definition) is 3. The molecule has 2 N–H and O–H groups in total. The summed E-state index contributed by atoms with van der Waals surface area (Å²) in [6.07, 6.45) is 4.04.